The molecule has 1 aliphatic rings. The fourth-order valence-corrected chi connectivity index (χ4v) is 2.66. The van der Waals surface area contributed by atoms with E-state index >= 15 is 0 Å². The second-order valence-electron chi connectivity index (χ2n) is 4.64. The number of halogens is 1. The smallest absolute Gasteiger partial charge is 0.180 e. The van der Waals surface area contributed by atoms with Crippen molar-refractivity contribution in [3.8, 4) is 11.5 Å². The van der Waals surface area contributed by atoms with Crippen LogP contribution in [0.5, 0.6) is 0 Å². The summed E-state index contributed by atoms with van der Waals surface area (Å²) in [5, 5.41) is 0.597. The lowest BCUT2D eigenvalue weighted by atomic mass is 9.97. The van der Waals surface area contributed by atoms with Gasteiger partial charge >= 0.3 is 0 Å². The van der Waals surface area contributed by atoms with E-state index in [1.165, 1.54) is 12.8 Å². The van der Waals surface area contributed by atoms with Gasteiger partial charge in [-0.2, -0.15) is 0 Å². The number of hydrogen-bond donors (Lipinski definition) is 0. The fraction of sp³-hybridized carbons (Fsp3) is 0.357. The van der Waals surface area contributed by atoms with E-state index in [1.54, 1.807) is 6.20 Å². The Morgan fingerprint density at radius 2 is 2.00 bits per heavy atom. The summed E-state index contributed by atoms with van der Waals surface area (Å²) in [5.74, 6) is 0.652. The largest absolute Gasteiger partial charge is 0.253 e. The highest BCUT2D eigenvalue weighted by molar-refractivity contribution is 6.30. The van der Waals surface area contributed by atoms with Crippen LogP contribution in [0.1, 0.15) is 29.7 Å². The summed E-state index contributed by atoms with van der Waals surface area (Å²) < 4.78 is 0. The maximum atomic E-state index is 6.27. The third-order valence-corrected chi connectivity index (χ3v) is 3.67. The third-order valence-electron chi connectivity index (χ3n) is 3.35. The van der Waals surface area contributed by atoms with Crippen LogP contribution in [0.2, 0.25) is 5.15 Å². The van der Waals surface area contributed by atoms with Gasteiger partial charge in [0.25, 0.3) is 0 Å². The molecule has 0 amide bonds. The van der Waals surface area contributed by atoms with Crippen LogP contribution in [0.3, 0.4) is 0 Å². The molecule has 0 N–H and O–H groups in total. The van der Waals surface area contributed by atoms with Gasteiger partial charge in [0, 0.05) is 17.5 Å². The Morgan fingerprint density at radius 1 is 1.17 bits per heavy atom. The van der Waals surface area contributed by atoms with Gasteiger partial charge < -0.3 is 0 Å². The number of rotatable bonds is 1. The highest BCUT2D eigenvalue weighted by Crippen LogP contribution is 2.28. The first-order valence-electron chi connectivity index (χ1n) is 6.23. The zero-order valence-corrected chi connectivity index (χ0v) is 11.0. The number of aromatic nitrogens is 3. The summed E-state index contributed by atoms with van der Waals surface area (Å²) in [6.07, 6.45) is 6.12. The Balaban J connectivity index is 2.14. The van der Waals surface area contributed by atoms with Crippen LogP contribution in [0, 0.1) is 6.92 Å². The Kier molecular flexibility index (Phi) is 3.00. The fourth-order valence-electron chi connectivity index (χ4n) is 2.37. The molecule has 3 nitrogen and oxygen atoms in total. The monoisotopic (exact) mass is 259 g/mol. The number of aryl methyl sites for hydroxylation is 2. The molecule has 3 rings (SSSR count). The van der Waals surface area contributed by atoms with Gasteiger partial charge in [0.1, 0.15) is 10.8 Å². The summed E-state index contributed by atoms with van der Waals surface area (Å²) in [6, 6.07) is 3.93. The normalized spacial score (nSPS) is 14.3. The lowest BCUT2D eigenvalue weighted by molar-refractivity contribution is 0.663. The lowest BCUT2D eigenvalue weighted by Crippen LogP contribution is -2.09. The van der Waals surface area contributed by atoms with Crippen LogP contribution >= 0.6 is 11.6 Å². The minimum atomic E-state index is 0.597. The van der Waals surface area contributed by atoms with E-state index in [1.807, 2.05) is 19.1 Å². The van der Waals surface area contributed by atoms with Crippen LogP contribution in [-0.2, 0) is 12.8 Å². The summed E-state index contributed by atoms with van der Waals surface area (Å²) in [6.45, 7) is 2.01. The Labute approximate surface area is 111 Å². The van der Waals surface area contributed by atoms with Crippen LogP contribution in [-0.4, -0.2) is 15.0 Å². The Bertz CT molecular complexity index is 596. The van der Waals surface area contributed by atoms with E-state index in [4.69, 9.17) is 11.6 Å². The molecule has 0 bridgehead atoms. The molecule has 18 heavy (non-hydrogen) atoms. The summed E-state index contributed by atoms with van der Waals surface area (Å²) >= 11 is 6.27. The van der Waals surface area contributed by atoms with Gasteiger partial charge in [-0.05, 0) is 44.2 Å². The van der Waals surface area contributed by atoms with Crippen molar-refractivity contribution < 1.29 is 0 Å². The number of hydrogen-bond acceptors (Lipinski definition) is 3. The van der Waals surface area contributed by atoms with Crippen LogP contribution in [0.15, 0.2) is 18.3 Å². The molecule has 0 saturated carbocycles. The van der Waals surface area contributed by atoms with E-state index < -0.39 is 0 Å². The van der Waals surface area contributed by atoms with E-state index in [0.29, 0.717) is 11.0 Å². The average Bonchev–Trinajstić information content (AvgIpc) is 2.39. The standard InChI is InChI=1S/C14H14ClN3/c1-9-5-4-8-16-12(9)14-17-11-7-3-2-6-10(11)13(15)18-14/h4-5,8H,2-3,6-7H2,1H3. The summed E-state index contributed by atoms with van der Waals surface area (Å²) in [4.78, 5) is 13.4. The predicted octanol–water partition coefficient (Wildman–Crippen LogP) is 3.38. The molecule has 92 valence electrons. The van der Waals surface area contributed by atoms with E-state index in [2.05, 4.69) is 15.0 Å². The first kappa shape index (κ1) is 11.6. The van der Waals surface area contributed by atoms with Crippen molar-refractivity contribution in [3.63, 3.8) is 0 Å². The van der Waals surface area contributed by atoms with Crippen LogP contribution < -0.4 is 0 Å². The molecule has 0 aliphatic heterocycles. The van der Waals surface area contributed by atoms with E-state index in [9.17, 15) is 0 Å². The van der Waals surface area contributed by atoms with Gasteiger partial charge in [0.05, 0.1) is 0 Å². The molecule has 0 spiro atoms. The third kappa shape index (κ3) is 1.99. The van der Waals surface area contributed by atoms with Crippen molar-refractivity contribution in [1.82, 2.24) is 15.0 Å². The number of nitrogens with zero attached hydrogens (tertiary/aromatic N) is 3. The highest BCUT2D eigenvalue weighted by atomic mass is 35.5. The molecule has 0 unspecified atom stereocenters. The average molecular weight is 260 g/mol. The molecule has 1 aliphatic carbocycles. The van der Waals surface area contributed by atoms with Gasteiger partial charge in [-0.1, -0.05) is 17.7 Å². The molecule has 0 fully saturated rings. The second kappa shape index (κ2) is 4.65. The molecule has 2 heterocycles. The van der Waals surface area contributed by atoms with Crippen molar-refractivity contribution in [2.24, 2.45) is 0 Å². The first-order valence-corrected chi connectivity index (χ1v) is 6.61. The quantitative estimate of drug-likeness (QED) is 0.737. The SMILES string of the molecule is Cc1cccnc1-c1nc(Cl)c2c(n1)CCCC2. The van der Waals surface area contributed by atoms with Crippen molar-refractivity contribution >= 4 is 11.6 Å². The van der Waals surface area contributed by atoms with E-state index in [0.717, 1.165) is 35.4 Å². The maximum absolute atomic E-state index is 6.27. The summed E-state index contributed by atoms with van der Waals surface area (Å²) in [5.41, 5.74) is 4.12. The molecule has 0 atom stereocenters. The van der Waals surface area contributed by atoms with Crippen LogP contribution in [0.25, 0.3) is 11.5 Å². The minimum absolute atomic E-state index is 0.597. The van der Waals surface area contributed by atoms with Crippen molar-refractivity contribution in [2.75, 3.05) is 0 Å². The van der Waals surface area contributed by atoms with Gasteiger partial charge in [-0.3, -0.25) is 4.98 Å². The highest BCUT2D eigenvalue weighted by Gasteiger charge is 2.18. The molecule has 0 radical (unpaired) electrons. The van der Waals surface area contributed by atoms with Crippen LogP contribution in [0.4, 0.5) is 0 Å². The van der Waals surface area contributed by atoms with Crippen molar-refractivity contribution in [3.05, 3.63) is 40.3 Å². The molecule has 0 saturated heterocycles. The summed E-state index contributed by atoms with van der Waals surface area (Å²) in [7, 11) is 0. The second-order valence-corrected chi connectivity index (χ2v) is 5.00. The topological polar surface area (TPSA) is 38.7 Å². The molecule has 2 aromatic heterocycles. The van der Waals surface area contributed by atoms with E-state index in [-0.39, 0.29) is 0 Å². The number of pyridine rings is 1. The molecule has 0 aromatic carbocycles. The predicted molar refractivity (Wildman–Crippen MR) is 71.7 cm³/mol. The Hall–Kier alpha value is -1.48. The molecule has 2 aromatic rings. The molecule has 4 heteroatoms. The van der Waals surface area contributed by atoms with Crippen molar-refractivity contribution in [1.29, 1.82) is 0 Å². The maximum Gasteiger partial charge on any atom is 0.180 e. The zero-order chi connectivity index (χ0) is 12.5. The lowest BCUT2D eigenvalue weighted by Gasteiger charge is -2.16. The van der Waals surface area contributed by atoms with Gasteiger partial charge in [-0.15, -0.1) is 0 Å². The minimum Gasteiger partial charge on any atom is -0.253 e. The zero-order valence-electron chi connectivity index (χ0n) is 10.3. The molecular formula is C14H14ClN3. The molecular weight excluding hydrogens is 246 g/mol. The van der Waals surface area contributed by atoms with Gasteiger partial charge in [0.2, 0.25) is 0 Å². The number of fused-ring (bicyclic) bond motifs is 1. The van der Waals surface area contributed by atoms with Gasteiger partial charge in [-0.25, -0.2) is 9.97 Å². The van der Waals surface area contributed by atoms with Gasteiger partial charge in [0.15, 0.2) is 5.82 Å². The first-order chi connectivity index (χ1) is 8.75. The van der Waals surface area contributed by atoms with Crippen molar-refractivity contribution in [2.45, 2.75) is 32.6 Å². The Morgan fingerprint density at radius 3 is 2.83 bits per heavy atom.